The number of hydrogen-bond acceptors (Lipinski definition) is 4. The second-order valence-electron chi connectivity index (χ2n) is 5.50. The van der Waals surface area contributed by atoms with Crippen molar-refractivity contribution in [3.05, 3.63) is 59.5 Å². The summed E-state index contributed by atoms with van der Waals surface area (Å²) in [6.45, 7) is 0.204. The summed E-state index contributed by atoms with van der Waals surface area (Å²) in [5.41, 5.74) is 2.00. The third-order valence-electron chi connectivity index (χ3n) is 3.90. The molecule has 1 aliphatic carbocycles. The van der Waals surface area contributed by atoms with Crippen molar-refractivity contribution in [3.63, 3.8) is 0 Å². The molecule has 23 heavy (non-hydrogen) atoms. The number of carbonyl (C=O) groups is 2. The van der Waals surface area contributed by atoms with Crippen LogP contribution in [-0.4, -0.2) is 29.6 Å². The Labute approximate surface area is 133 Å². The van der Waals surface area contributed by atoms with Crippen LogP contribution in [0, 0.1) is 0 Å². The van der Waals surface area contributed by atoms with Crippen LogP contribution >= 0.6 is 0 Å². The zero-order chi connectivity index (χ0) is 16.2. The minimum Gasteiger partial charge on any atom is -0.459 e. The molecule has 2 aromatic rings. The highest BCUT2D eigenvalue weighted by Crippen LogP contribution is 2.31. The minimum absolute atomic E-state index is 0.137. The summed E-state index contributed by atoms with van der Waals surface area (Å²) in [6, 6.07) is 10.5. The van der Waals surface area contributed by atoms with Crippen LogP contribution in [0.3, 0.4) is 0 Å². The molecule has 0 saturated carbocycles. The highest BCUT2D eigenvalue weighted by molar-refractivity contribution is 5.91. The molecular weight excluding hydrogens is 296 g/mol. The quantitative estimate of drug-likeness (QED) is 0.772. The summed E-state index contributed by atoms with van der Waals surface area (Å²) in [4.78, 5) is 23.7. The fourth-order valence-electron chi connectivity index (χ4n) is 2.78. The number of nitrogens with one attached hydrogen (secondary N) is 2. The van der Waals surface area contributed by atoms with E-state index in [1.165, 1.54) is 6.26 Å². The SMILES string of the molecule is O=C(CCNC(=O)c1ccco1)N[C@H]1c2ccccc2C[C@H]1O. The van der Waals surface area contributed by atoms with Crippen molar-refractivity contribution in [2.75, 3.05) is 6.54 Å². The van der Waals surface area contributed by atoms with E-state index in [0.29, 0.717) is 6.42 Å². The summed E-state index contributed by atoms with van der Waals surface area (Å²) in [5.74, 6) is -0.356. The molecule has 0 saturated heterocycles. The minimum atomic E-state index is -0.617. The molecule has 6 heteroatoms. The van der Waals surface area contributed by atoms with Gasteiger partial charge in [0.1, 0.15) is 0 Å². The largest absolute Gasteiger partial charge is 0.459 e. The van der Waals surface area contributed by atoms with Crippen LogP contribution in [0.1, 0.15) is 34.1 Å². The van der Waals surface area contributed by atoms with Crippen molar-refractivity contribution in [1.82, 2.24) is 10.6 Å². The Balaban J connectivity index is 1.49. The van der Waals surface area contributed by atoms with Crippen LogP contribution < -0.4 is 10.6 Å². The van der Waals surface area contributed by atoms with Crippen molar-refractivity contribution in [2.45, 2.75) is 25.0 Å². The lowest BCUT2D eigenvalue weighted by atomic mass is 10.1. The topological polar surface area (TPSA) is 91.6 Å². The maximum atomic E-state index is 12.0. The molecule has 0 spiro atoms. The van der Waals surface area contributed by atoms with Gasteiger partial charge in [-0.05, 0) is 23.3 Å². The third kappa shape index (κ3) is 3.43. The molecule has 0 bridgehead atoms. The fourth-order valence-corrected chi connectivity index (χ4v) is 2.78. The lowest BCUT2D eigenvalue weighted by Gasteiger charge is -2.18. The number of fused-ring (bicyclic) bond motifs is 1. The number of amides is 2. The monoisotopic (exact) mass is 314 g/mol. The Morgan fingerprint density at radius 1 is 1.22 bits per heavy atom. The summed E-state index contributed by atoms with van der Waals surface area (Å²) >= 11 is 0. The van der Waals surface area contributed by atoms with Gasteiger partial charge in [-0.2, -0.15) is 0 Å². The van der Waals surface area contributed by atoms with E-state index in [9.17, 15) is 14.7 Å². The first-order valence-corrected chi connectivity index (χ1v) is 7.52. The molecule has 6 nitrogen and oxygen atoms in total. The Kier molecular flexibility index (Phi) is 4.43. The number of carbonyl (C=O) groups excluding carboxylic acids is 2. The smallest absolute Gasteiger partial charge is 0.286 e. The maximum absolute atomic E-state index is 12.0. The highest BCUT2D eigenvalue weighted by atomic mass is 16.3. The van der Waals surface area contributed by atoms with Crippen molar-refractivity contribution in [3.8, 4) is 0 Å². The van der Waals surface area contributed by atoms with Crippen molar-refractivity contribution >= 4 is 11.8 Å². The Morgan fingerprint density at radius 2 is 2.04 bits per heavy atom. The molecule has 1 aliphatic rings. The lowest BCUT2D eigenvalue weighted by Crippen LogP contribution is -2.36. The average molecular weight is 314 g/mol. The first-order chi connectivity index (χ1) is 11.1. The zero-order valence-electron chi connectivity index (χ0n) is 12.5. The normalized spacial score (nSPS) is 19.2. The lowest BCUT2D eigenvalue weighted by molar-refractivity contribution is -0.122. The van der Waals surface area contributed by atoms with E-state index in [0.717, 1.165) is 11.1 Å². The van der Waals surface area contributed by atoms with Crippen molar-refractivity contribution in [1.29, 1.82) is 0 Å². The molecule has 3 rings (SSSR count). The van der Waals surface area contributed by atoms with Crippen molar-refractivity contribution < 1.29 is 19.1 Å². The van der Waals surface area contributed by atoms with E-state index < -0.39 is 6.10 Å². The molecule has 2 atom stereocenters. The fraction of sp³-hybridized carbons (Fsp3) is 0.294. The Morgan fingerprint density at radius 3 is 2.83 bits per heavy atom. The molecule has 3 N–H and O–H groups in total. The van der Waals surface area contributed by atoms with Crippen LogP contribution in [-0.2, 0) is 11.2 Å². The molecule has 0 unspecified atom stereocenters. The molecule has 0 radical (unpaired) electrons. The number of aliphatic hydroxyl groups excluding tert-OH is 1. The van der Waals surface area contributed by atoms with E-state index in [4.69, 9.17) is 4.42 Å². The van der Waals surface area contributed by atoms with Crippen LogP contribution in [0.5, 0.6) is 0 Å². The number of hydrogen-bond donors (Lipinski definition) is 3. The first kappa shape index (κ1) is 15.3. The molecule has 1 heterocycles. The van der Waals surface area contributed by atoms with Gasteiger partial charge in [-0.15, -0.1) is 0 Å². The van der Waals surface area contributed by atoms with Gasteiger partial charge >= 0.3 is 0 Å². The number of rotatable bonds is 5. The van der Waals surface area contributed by atoms with E-state index in [1.54, 1.807) is 12.1 Å². The average Bonchev–Trinajstić information content (AvgIpc) is 3.16. The van der Waals surface area contributed by atoms with Gasteiger partial charge in [0.05, 0.1) is 18.4 Å². The second kappa shape index (κ2) is 6.66. The van der Waals surface area contributed by atoms with Gasteiger partial charge in [0, 0.05) is 19.4 Å². The van der Waals surface area contributed by atoms with E-state index in [1.807, 2.05) is 24.3 Å². The molecular formula is C17H18N2O4. The Bertz CT molecular complexity index is 696. The van der Waals surface area contributed by atoms with Crippen LogP contribution in [0.4, 0.5) is 0 Å². The predicted molar refractivity (Wildman–Crippen MR) is 82.7 cm³/mol. The van der Waals surface area contributed by atoms with Crippen molar-refractivity contribution in [2.24, 2.45) is 0 Å². The van der Waals surface area contributed by atoms with Gasteiger partial charge in [0.25, 0.3) is 5.91 Å². The molecule has 0 fully saturated rings. The first-order valence-electron chi connectivity index (χ1n) is 7.52. The maximum Gasteiger partial charge on any atom is 0.286 e. The summed E-state index contributed by atoms with van der Waals surface area (Å²) < 4.78 is 4.97. The van der Waals surface area contributed by atoms with Gasteiger partial charge in [0.15, 0.2) is 5.76 Å². The van der Waals surface area contributed by atoms with Gasteiger partial charge in [-0.3, -0.25) is 9.59 Å². The van der Waals surface area contributed by atoms with Gasteiger partial charge in [-0.1, -0.05) is 24.3 Å². The summed E-state index contributed by atoms with van der Waals surface area (Å²) in [7, 11) is 0. The predicted octanol–water partition coefficient (Wildman–Crippen LogP) is 1.17. The zero-order valence-corrected chi connectivity index (χ0v) is 12.5. The number of benzene rings is 1. The van der Waals surface area contributed by atoms with Gasteiger partial charge in [0.2, 0.25) is 5.91 Å². The highest BCUT2D eigenvalue weighted by Gasteiger charge is 2.31. The molecule has 2 amide bonds. The Hall–Kier alpha value is -2.60. The number of furan rings is 1. The van der Waals surface area contributed by atoms with Crippen LogP contribution in [0.2, 0.25) is 0 Å². The molecule has 1 aromatic heterocycles. The molecule has 1 aromatic carbocycles. The van der Waals surface area contributed by atoms with Crippen LogP contribution in [0.25, 0.3) is 0 Å². The standard InChI is InChI=1S/C17H18N2O4/c20-13-10-11-4-1-2-5-12(11)16(13)19-15(21)7-8-18-17(22)14-6-3-9-23-14/h1-6,9,13,16,20H,7-8,10H2,(H,18,22)(H,19,21)/t13-,16+/m1/s1. The number of aliphatic hydroxyl groups is 1. The summed E-state index contributed by atoms with van der Waals surface area (Å²) in [6.07, 6.45) is 1.48. The third-order valence-corrected chi connectivity index (χ3v) is 3.90. The van der Waals surface area contributed by atoms with Gasteiger partial charge < -0.3 is 20.2 Å². The van der Waals surface area contributed by atoms with Crippen LogP contribution in [0.15, 0.2) is 47.1 Å². The van der Waals surface area contributed by atoms with E-state index >= 15 is 0 Å². The molecule has 0 aliphatic heterocycles. The summed E-state index contributed by atoms with van der Waals surface area (Å²) in [5, 5.41) is 15.5. The molecule has 120 valence electrons. The second-order valence-corrected chi connectivity index (χ2v) is 5.50. The van der Waals surface area contributed by atoms with E-state index in [-0.39, 0.29) is 36.6 Å². The van der Waals surface area contributed by atoms with E-state index in [2.05, 4.69) is 10.6 Å². The van der Waals surface area contributed by atoms with Gasteiger partial charge in [-0.25, -0.2) is 0 Å².